The maximum absolute atomic E-state index is 12.6. The summed E-state index contributed by atoms with van der Waals surface area (Å²) in [5.74, 6) is 0. The summed E-state index contributed by atoms with van der Waals surface area (Å²) in [4.78, 5) is 31.5. The first kappa shape index (κ1) is 15.9. The summed E-state index contributed by atoms with van der Waals surface area (Å²) < 4.78 is 9.84. The number of hydrogen-bond donors (Lipinski definition) is 0. The van der Waals surface area contributed by atoms with Crippen LogP contribution in [0.1, 0.15) is 13.3 Å². The van der Waals surface area contributed by atoms with Crippen molar-refractivity contribution in [2.24, 2.45) is 14.1 Å². The lowest BCUT2D eigenvalue weighted by molar-refractivity contribution is -0.00116. The van der Waals surface area contributed by atoms with Crippen molar-refractivity contribution in [2.45, 2.75) is 25.9 Å². The predicted octanol–water partition coefficient (Wildman–Crippen LogP) is -0.455. The summed E-state index contributed by atoms with van der Waals surface area (Å²) in [7, 11) is 3.42. The Morgan fingerprint density at radius 2 is 2.09 bits per heavy atom. The van der Waals surface area contributed by atoms with Crippen LogP contribution in [-0.2, 0) is 25.4 Å². The monoisotopic (exact) mass is 321 g/mol. The van der Waals surface area contributed by atoms with Gasteiger partial charge in [-0.05, 0) is 13.3 Å². The summed E-state index contributed by atoms with van der Waals surface area (Å²) in [6, 6.07) is 0.378. The molecule has 0 bridgehead atoms. The summed E-state index contributed by atoms with van der Waals surface area (Å²) >= 11 is 0. The molecule has 0 spiro atoms. The van der Waals surface area contributed by atoms with Crippen LogP contribution in [0.25, 0.3) is 11.2 Å². The molecule has 2 aromatic rings. The van der Waals surface area contributed by atoms with E-state index in [9.17, 15) is 9.59 Å². The van der Waals surface area contributed by atoms with Crippen LogP contribution in [0.5, 0.6) is 0 Å². The van der Waals surface area contributed by atoms with E-state index >= 15 is 0 Å². The largest absolute Gasteiger partial charge is 0.379 e. The minimum atomic E-state index is -0.309. The molecule has 1 saturated heterocycles. The Balaban J connectivity index is 1.81. The van der Waals surface area contributed by atoms with Crippen LogP contribution in [0.4, 0.5) is 0 Å². The molecular weight excluding hydrogens is 298 g/mol. The van der Waals surface area contributed by atoms with Crippen molar-refractivity contribution in [2.75, 3.05) is 26.3 Å². The fourth-order valence-corrected chi connectivity index (χ4v) is 3.12. The third kappa shape index (κ3) is 2.84. The Labute approximate surface area is 133 Å². The second-order valence-electron chi connectivity index (χ2n) is 6.14. The number of nitrogens with zero attached hydrogens (tertiary/aromatic N) is 5. The molecule has 1 fully saturated rings. The number of ether oxygens (including phenoxy) is 1. The first-order valence-corrected chi connectivity index (χ1v) is 7.93. The van der Waals surface area contributed by atoms with Crippen LogP contribution in [0.3, 0.4) is 0 Å². The topological polar surface area (TPSA) is 74.3 Å². The van der Waals surface area contributed by atoms with Crippen LogP contribution < -0.4 is 11.2 Å². The molecule has 1 unspecified atom stereocenters. The molecule has 0 N–H and O–H groups in total. The number of imidazole rings is 1. The van der Waals surface area contributed by atoms with Crippen molar-refractivity contribution >= 4 is 11.2 Å². The molecule has 0 aromatic carbocycles. The fourth-order valence-electron chi connectivity index (χ4n) is 3.12. The van der Waals surface area contributed by atoms with Gasteiger partial charge in [0.2, 0.25) is 0 Å². The number of hydrogen-bond acceptors (Lipinski definition) is 5. The van der Waals surface area contributed by atoms with E-state index in [0.717, 1.165) is 32.7 Å². The van der Waals surface area contributed by atoms with Gasteiger partial charge in [0.05, 0.1) is 19.5 Å². The Kier molecular flexibility index (Phi) is 4.36. The van der Waals surface area contributed by atoms with Crippen molar-refractivity contribution in [1.82, 2.24) is 23.6 Å². The summed E-state index contributed by atoms with van der Waals surface area (Å²) in [5, 5.41) is 0. The highest BCUT2D eigenvalue weighted by atomic mass is 16.5. The molecule has 1 aliphatic rings. The van der Waals surface area contributed by atoms with Crippen LogP contribution in [0, 0.1) is 0 Å². The zero-order valence-electron chi connectivity index (χ0n) is 13.9. The third-order valence-electron chi connectivity index (χ3n) is 4.53. The first-order chi connectivity index (χ1) is 11.0. The Bertz CT molecular complexity index is 819. The lowest BCUT2D eigenvalue weighted by Crippen LogP contribution is -2.45. The maximum atomic E-state index is 12.6. The summed E-state index contributed by atoms with van der Waals surface area (Å²) in [5.41, 5.74) is 0.321. The Morgan fingerprint density at radius 3 is 2.83 bits per heavy atom. The molecule has 0 aliphatic carbocycles. The van der Waals surface area contributed by atoms with E-state index in [0.29, 0.717) is 23.8 Å². The first-order valence-electron chi connectivity index (χ1n) is 7.93. The van der Waals surface area contributed by atoms with Gasteiger partial charge < -0.3 is 9.30 Å². The summed E-state index contributed by atoms with van der Waals surface area (Å²) in [6.07, 6.45) is 2.31. The number of aryl methyl sites for hydroxylation is 2. The molecule has 23 heavy (non-hydrogen) atoms. The van der Waals surface area contributed by atoms with Crippen molar-refractivity contribution in [1.29, 1.82) is 0 Å². The second kappa shape index (κ2) is 6.29. The maximum Gasteiger partial charge on any atom is 0.332 e. The molecule has 0 saturated carbocycles. The van der Waals surface area contributed by atoms with E-state index in [1.807, 2.05) is 0 Å². The van der Waals surface area contributed by atoms with Gasteiger partial charge in [0.15, 0.2) is 11.2 Å². The van der Waals surface area contributed by atoms with E-state index in [4.69, 9.17) is 4.74 Å². The van der Waals surface area contributed by atoms with Gasteiger partial charge in [0.1, 0.15) is 0 Å². The highest BCUT2D eigenvalue weighted by molar-refractivity contribution is 5.69. The number of aromatic nitrogens is 4. The van der Waals surface area contributed by atoms with E-state index in [1.54, 1.807) is 25.0 Å². The minimum Gasteiger partial charge on any atom is -0.379 e. The Hall–Kier alpha value is -1.93. The molecule has 0 radical (unpaired) electrons. The quantitative estimate of drug-likeness (QED) is 0.762. The fraction of sp³-hybridized carbons (Fsp3) is 0.667. The number of morpholine rings is 1. The van der Waals surface area contributed by atoms with Gasteiger partial charge in [-0.3, -0.25) is 18.8 Å². The van der Waals surface area contributed by atoms with Crippen LogP contribution in [-0.4, -0.2) is 55.9 Å². The smallest absolute Gasteiger partial charge is 0.332 e. The van der Waals surface area contributed by atoms with Crippen LogP contribution in [0.15, 0.2) is 15.9 Å². The Morgan fingerprint density at radius 1 is 1.30 bits per heavy atom. The molecule has 8 nitrogen and oxygen atoms in total. The molecule has 1 atom stereocenters. The van der Waals surface area contributed by atoms with Gasteiger partial charge in [0.25, 0.3) is 5.56 Å². The van der Waals surface area contributed by atoms with E-state index in [1.165, 1.54) is 9.13 Å². The van der Waals surface area contributed by atoms with Crippen molar-refractivity contribution in [3.05, 3.63) is 27.2 Å². The molecule has 3 rings (SSSR count). The van der Waals surface area contributed by atoms with E-state index in [2.05, 4.69) is 16.8 Å². The van der Waals surface area contributed by atoms with Crippen LogP contribution in [0.2, 0.25) is 0 Å². The third-order valence-corrected chi connectivity index (χ3v) is 4.53. The predicted molar refractivity (Wildman–Crippen MR) is 86.7 cm³/mol. The van der Waals surface area contributed by atoms with Gasteiger partial charge in [-0.25, -0.2) is 9.78 Å². The van der Waals surface area contributed by atoms with Gasteiger partial charge in [-0.2, -0.15) is 0 Å². The lowest BCUT2D eigenvalue weighted by atomic mass is 10.2. The molecule has 3 heterocycles. The van der Waals surface area contributed by atoms with Gasteiger partial charge in [0, 0.05) is 39.8 Å². The molecule has 8 heteroatoms. The molecule has 2 aromatic heterocycles. The van der Waals surface area contributed by atoms with Crippen molar-refractivity contribution in [3.63, 3.8) is 0 Å². The van der Waals surface area contributed by atoms with Crippen molar-refractivity contribution in [3.8, 4) is 0 Å². The second-order valence-corrected chi connectivity index (χ2v) is 6.14. The zero-order valence-corrected chi connectivity index (χ0v) is 13.9. The molecule has 1 aliphatic heterocycles. The number of fused-ring (bicyclic) bond motifs is 1. The minimum absolute atomic E-state index is 0.266. The zero-order chi connectivity index (χ0) is 16.6. The normalized spacial score (nSPS) is 19.5. The van der Waals surface area contributed by atoms with E-state index < -0.39 is 0 Å². The highest BCUT2D eigenvalue weighted by Crippen LogP contribution is 2.07. The number of rotatable bonds is 4. The lowest BCUT2D eigenvalue weighted by Gasteiger charge is -2.33. The average Bonchev–Trinajstić information content (AvgIpc) is 2.92. The van der Waals surface area contributed by atoms with Gasteiger partial charge in [-0.1, -0.05) is 0 Å². The molecule has 0 amide bonds. The van der Waals surface area contributed by atoms with Crippen molar-refractivity contribution < 1.29 is 4.74 Å². The summed E-state index contributed by atoms with van der Waals surface area (Å²) in [6.45, 7) is 5.77. The molecular formula is C15H23N5O3. The SMILES string of the molecule is CC1COCCN1CCCn1c(=O)c2c(ncn2C)n(C)c1=O. The van der Waals surface area contributed by atoms with E-state index in [-0.39, 0.29) is 11.2 Å². The molecule has 126 valence electrons. The van der Waals surface area contributed by atoms with Gasteiger partial charge in [-0.15, -0.1) is 0 Å². The average molecular weight is 321 g/mol. The standard InChI is InChI=1S/C15H23N5O3/c1-11-9-23-8-7-19(11)5-4-6-20-14(21)12-13(16-10-17(12)2)18(3)15(20)22/h10-11H,4-9H2,1-3H3. The van der Waals surface area contributed by atoms with Crippen LogP contribution >= 0.6 is 0 Å². The highest BCUT2D eigenvalue weighted by Gasteiger charge is 2.19. The van der Waals surface area contributed by atoms with Gasteiger partial charge >= 0.3 is 5.69 Å².